The lowest BCUT2D eigenvalue weighted by atomic mass is 10.3. The molecule has 0 radical (unpaired) electrons. The minimum Gasteiger partial charge on any atom is -0.482 e. The number of halogens is 1. The molecule has 0 amide bonds. The molecule has 0 aliphatic rings. The summed E-state index contributed by atoms with van der Waals surface area (Å²) in [4.78, 5) is 15.9. The van der Waals surface area contributed by atoms with Crippen LogP contribution in [0.2, 0.25) is 0 Å². The highest BCUT2D eigenvalue weighted by Crippen LogP contribution is 2.19. The number of imidazole rings is 1. The molecule has 0 atom stereocenters. The Bertz CT molecular complexity index is 812. The zero-order valence-corrected chi connectivity index (χ0v) is 11.8. The zero-order chi connectivity index (χ0) is 15.5. The van der Waals surface area contributed by atoms with Crippen molar-refractivity contribution in [2.24, 2.45) is 7.05 Å². The maximum Gasteiger partial charge on any atom is 0.349 e. The third-order valence-electron chi connectivity index (χ3n) is 3.10. The monoisotopic (exact) mass is 300 g/mol. The molecule has 0 saturated carbocycles. The molecule has 0 N–H and O–H groups in total. The number of carbonyl (C=O) groups excluding carboxylic acids is 1. The molecule has 0 saturated heterocycles. The molecule has 3 aromatic rings. The van der Waals surface area contributed by atoms with Gasteiger partial charge in [0.1, 0.15) is 17.3 Å². The van der Waals surface area contributed by atoms with E-state index in [0.717, 1.165) is 11.0 Å². The van der Waals surface area contributed by atoms with Crippen LogP contribution in [-0.2, 0) is 11.8 Å². The van der Waals surface area contributed by atoms with Gasteiger partial charge in [0.05, 0.1) is 17.4 Å². The van der Waals surface area contributed by atoms with Crippen LogP contribution in [0.25, 0.3) is 11.0 Å². The molecule has 0 unspecified atom stereocenters. The molecule has 22 heavy (non-hydrogen) atoms. The summed E-state index contributed by atoms with van der Waals surface area (Å²) in [6.07, 6.45) is 1.69. The fourth-order valence-corrected chi connectivity index (χ4v) is 2.01. The second-order valence-electron chi connectivity index (χ2n) is 4.72. The Morgan fingerprint density at radius 1 is 1.18 bits per heavy atom. The van der Waals surface area contributed by atoms with Crippen molar-refractivity contribution < 1.29 is 18.7 Å². The van der Waals surface area contributed by atoms with Crippen molar-refractivity contribution in [3.8, 4) is 11.5 Å². The van der Waals surface area contributed by atoms with Crippen molar-refractivity contribution in [2.75, 3.05) is 6.61 Å². The summed E-state index contributed by atoms with van der Waals surface area (Å²) in [5.41, 5.74) is 1.69. The molecule has 1 heterocycles. The van der Waals surface area contributed by atoms with Crippen LogP contribution < -0.4 is 9.47 Å². The van der Waals surface area contributed by atoms with E-state index in [1.54, 1.807) is 18.5 Å². The second kappa shape index (κ2) is 5.85. The number of hydrogen-bond donors (Lipinski definition) is 0. The number of benzene rings is 2. The van der Waals surface area contributed by atoms with Crippen molar-refractivity contribution in [1.82, 2.24) is 9.55 Å². The number of fused-ring (bicyclic) bond motifs is 1. The quantitative estimate of drug-likeness (QED) is 0.549. The molecule has 0 bridgehead atoms. The van der Waals surface area contributed by atoms with Crippen LogP contribution in [0.4, 0.5) is 4.39 Å². The van der Waals surface area contributed by atoms with Gasteiger partial charge in [0.25, 0.3) is 0 Å². The minimum atomic E-state index is -0.542. The number of carbonyl (C=O) groups is 1. The van der Waals surface area contributed by atoms with Crippen LogP contribution in [0.1, 0.15) is 0 Å². The topological polar surface area (TPSA) is 53.4 Å². The Balaban J connectivity index is 1.61. The molecule has 2 aromatic carbocycles. The van der Waals surface area contributed by atoms with E-state index in [1.165, 1.54) is 24.3 Å². The minimum absolute atomic E-state index is 0.258. The first-order chi connectivity index (χ1) is 10.6. The summed E-state index contributed by atoms with van der Waals surface area (Å²) < 4.78 is 25.0. The first-order valence-corrected chi connectivity index (χ1v) is 6.62. The van der Waals surface area contributed by atoms with Crippen LogP contribution in [0.3, 0.4) is 0 Å². The average molecular weight is 300 g/mol. The van der Waals surface area contributed by atoms with E-state index >= 15 is 0 Å². The number of aryl methyl sites for hydroxylation is 1. The highest BCUT2D eigenvalue weighted by Gasteiger charge is 2.08. The summed E-state index contributed by atoms with van der Waals surface area (Å²) in [7, 11) is 1.89. The lowest BCUT2D eigenvalue weighted by molar-refractivity contribution is -0.136. The second-order valence-corrected chi connectivity index (χ2v) is 4.72. The Labute approximate surface area is 125 Å². The van der Waals surface area contributed by atoms with Crippen LogP contribution >= 0.6 is 0 Å². The number of aromatic nitrogens is 2. The maximum atomic E-state index is 12.7. The van der Waals surface area contributed by atoms with Gasteiger partial charge in [-0.15, -0.1) is 0 Å². The standard InChI is InChI=1S/C16H13FN2O3/c1-19-10-18-14-8-13(6-7-15(14)19)22-16(20)9-21-12-4-2-11(17)3-5-12/h2-8,10H,9H2,1H3. The fraction of sp³-hybridized carbons (Fsp3) is 0.125. The number of hydrogen-bond acceptors (Lipinski definition) is 4. The van der Waals surface area contributed by atoms with Gasteiger partial charge in [-0.25, -0.2) is 14.2 Å². The van der Waals surface area contributed by atoms with E-state index in [9.17, 15) is 9.18 Å². The van der Waals surface area contributed by atoms with Crippen molar-refractivity contribution in [1.29, 1.82) is 0 Å². The van der Waals surface area contributed by atoms with E-state index in [0.29, 0.717) is 11.5 Å². The smallest absolute Gasteiger partial charge is 0.349 e. The third-order valence-corrected chi connectivity index (χ3v) is 3.10. The number of rotatable bonds is 4. The molecule has 0 spiro atoms. The van der Waals surface area contributed by atoms with Crippen molar-refractivity contribution >= 4 is 17.0 Å². The molecule has 3 rings (SSSR count). The van der Waals surface area contributed by atoms with Crippen LogP contribution in [0.5, 0.6) is 11.5 Å². The largest absolute Gasteiger partial charge is 0.482 e. The molecule has 0 aliphatic carbocycles. The first kappa shape index (κ1) is 14.1. The fourth-order valence-electron chi connectivity index (χ4n) is 2.01. The summed E-state index contributed by atoms with van der Waals surface area (Å²) in [5, 5.41) is 0. The van der Waals surface area contributed by atoms with Gasteiger partial charge in [-0.1, -0.05) is 0 Å². The highest BCUT2D eigenvalue weighted by atomic mass is 19.1. The molecule has 112 valence electrons. The number of nitrogens with zero attached hydrogens (tertiary/aromatic N) is 2. The van der Waals surface area contributed by atoms with Gasteiger partial charge in [-0.3, -0.25) is 0 Å². The van der Waals surface area contributed by atoms with Crippen molar-refractivity contribution in [2.45, 2.75) is 0 Å². The van der Waals surface area contributed by atoms with Gasteiger partial charge in [-0.05, 0) is 36.4 Å². The molecule has 0 aliphatic heterocycles. The molecular weight excluding hydrogens is 287 g/mol. The normalized spacial score (nSPS) is 10.6. The summed E-state index contributed by atoms with van der Waals surface area (Å²) in [5.74, 6) is -0.101. The SMILES string of the molecule is Cn1cnc2cc(OC(=O)COc3ccc(F)cc3)ccc21. The lowest BCUT2D eigenvalue weighted by Gasteiger charge is -2.07. The van der Waals surface area contributed by atoms with Gasteiger partial charge >= 0.3 is 5.97 Å². The Morgan fingerprint density at radius 3 is 2.68 bits per heavy atom. The molecule has 5 nitrogen and oxygen atoms in total. The Hall–Kier alpha value is -2.89. The molecule has 0 fully saturated rings. The molecule has 1 aromatic heterocycles. The Kier molecular flexibility index (Phi) is 3.74. The van der Waals surface area contributed by atoms with Crippen molar-refractivity contribution in [3.63, 3.8) is 0 Å². The van der Waals surface area contributed by atoms with E-state index in [4.69, 9.17) is 9.47 Å². The van der Waals surface area contributed by atoms with Gasteiger partial charge in [0.2, 0.25) is 0 Å². The first-order valence-electron chi connectivity index (χ1n) is 6.62. The zero-order valence-electron chi connectivity index (χ0n) is 11.8. The number of esters is 1. The van der Waals surface area contributed by atoms with Crippen LogP contribution in [-0.4, -0.2) is 22.1 Å². The maximum absolute atomic E-state index is 12.7. The lowest BCUT2D eigenvalue weighted by Crippen LogP contribution is -2.17. The van der Waals surface area contributed by atoms with E-state index < -0.39 is 5.97 Å². The van der Waals surface area contributed by atoms with E-state index in [-0.39, 0.29) is 12.4 Å². The van der Waals surface area contributed by atoms with Gasteiger partial charge in [-0.2, -0.15) is 0 Å². The summed E-state index contributed by atoms with van der Waals surface area (Å²) in [6.45, 7) is -0.258. The van der Waals surface area contributed by atoms with E-state index in [2.05, 4.69) is 4.98 Å². The van der Waals surface area contributed by atoms with Gasteiger partial charge < -0.3 is 14.0 Å². The van der Waals surface area contributed by atoms with Crippen LogP contribution in [0, 0.1) is 5.82 Å². The molecule has 6 heteroatoms. The summed E-state index contributed by atoms with van der Waals surface area (Å²) in [6, 6.07) is 10.6. The number of ether oxygens (including phenoxy) is 2. The van der Waals surface area contributed by atoms with Gasteiger partial charge in [0.15, 0.2) is 6.61 Å². The highest BCUT2D eigenvalue weighted by molar-refractivity contribution is 5.79. The third kappa shape index (κ3) is 3.06. The average Bonchev–Trinajstić information content (AvgIpc) is 2.88. The molecular formula is C16H13FN2O3. The summed E-state index contributed by atoms with van der Waals surface area (Å²) >= 11 is 0. The predicted molar refractivity (Wildman–Crippen MR) is 78.2 cm³/mol. The van der Waals surface area contributed by atoms with Crippen molar-refractivity contribution in [3.05, 3.63) is 54.6 Å². The van der Waals surface area contributed by atoms with Gasteiger partial charge in [0, 0.05) is 13.1 Å². The van der Waals surface area contributed by atoms with E-state index in [1.807, 2.05) is 17.7 Å². The Morgan fingerprint density at radius 2 is 1.91 bits per heavy atom. The van der Waals surface area contributed by atoms with Crippen LogP contribution in [0.15, 0.2) is 48.8 Å². The predicted octanol–water partition coefficient (Wildman–Crippen LogP) is 2.70.